The number of rotatable bonds is 9. The van der Waals surface area contributed by atoms with Crippen molar-refractivity contribution in [1.29, 1.82) is 5.41 Å². The van der Waals surface area contributed by atoms with E-state index in [9.17, 15) is 4.79 Å². The number of hydrogen-bond donors (Lipinski definition) is 3. The lowest BCUT2D eigenvalue weighted by molar-refractivity contribution is 0.122. The Kier molecular flexibility index (Phi) is 8.08. The van der Waals surface area contributed by atoms with Gasteiger partial charge in [-0.15, -0.1) is 0 Å². The fraction of sp³-hybridized carbons (Fsp3) is 0.316. The smallest absolute Gasteiger partial charge is 0.324 e. The van der Waals surface area contributed by atoms with Crippen LogP contribution in [0.2, 0.25) is 0 Å². The third-order valence-corrected chi connectivity index (χ3v) is 3.71. The average molecular weight is 355 g/mol. The summed E-state index contributed by atoms with van der Waals surface area (Å²) in [6.45, 7) is 1.61. The van der Waals surface area contributed by atoms with Crippen molar-refractivity contribution in [2.75, 3.05) is 19.7 Å². The SMILES string of the molecule is N=C(N)N(CCCc1ccccn1)C(=O)NCCOCc1ccccc1. The molecular formula is C19H25N5O2. The van der Waals surface area contributed by atoms with Crippen molar-refractivity contribution in [3.8, 4) is 0 Å². The summed E-state index contributed by atoms with van der Waals surface area (Å²) >= 11 is 0. The number of aromatic nitrogens is 1. The molecule has 0 saturated carbocycles. The predicted octanol–water partition coefficient (Wildman–Crippen LogP) is 2.14. The molecule has 0 aliphatic rings. The fourth-order valence-electron chi connectivity index (χ4n) is 2.39. The Balaban J connectivity index is 1.66. The molecule has 1 aromatic heterocycles. The second-order valence-corrected chi connectivity index (χ2v) is 5.73. The molecule has 1 aromatic carbocycles. The molecule has 26 heavy (non-hydrogen) atoms. The fourth-order valence-corrected chi connectivity index (χ4v) is 2.39. The standard InChI is InChI=1S/C19H25N5O2/c20-18(21)24(13-6-10-17-9-4-5-11-22-17)19(25)23-12-14-26-15-16-7-2-1-3-8-16/h1-5,7-9,11H,6,10,12-15H2,(H3,20,21)(H,23,25). The first-order valence-corrected chi connectivity index (χ1v) is 8.58. The van der Waals surface area contributed by atoms with Gasteiger partial charge in [-0.3, -0.25) is 15.3 Å². The summed E-state index contributed by atoms with van der Waals surface area (Å²) in [4.78, 5) is 17.6. The highest BCUT2D eigenvalue weighted by molar-refractivity contribution is 5.93. The van der Waals surface area contributed by atoms with Crippen LogP contribution in [0.1, 0.15) is 17.7 Å². The molecule has 0 radical (unpaired) electrons. The number of pyridine rings is 1. The number of carbonyl (C=O) groups excluding carboxylic acids is 1. The largest absolute Gasteiger partial charge is 0.375 e. The molecule has 0 saturated heterocycles. The third-order valence-electron chi connectivity index (χ3n) is 3.71. The Bertz CT molecular complexity index is 679. The van der Waals surface area contributed by atoms with E-state index >= 15 is 0 Å². The highest BCUT2D eigenvalue weighted by Gasteiger charge is 2.15. The van der Waals surface area contributed by atoms with Gasteiger partial charge in [-0.2, -0.15) is 0 Å². The van der Waals surface area contributed by atoms with Crippen molar-refractivity contribution in [3.63, 3.8) is 0 Å². The van der Waals surface area contributed by atoms with E-state index in [2.05, 4.69) is 10.3 Å². The van der Waals surface area contributed by atoms with Gasteiger partial charge in [-0.25, -0.2) is 4.79 Å². The summed E-state index contributed by atoms with van der Waals surface area (Å²) in [5, 5.41) is 10.3. The minimum Gasteiger partial charge on any atom is -0.375 e. The van der Waals surface area contributed by atoms with Crippen LogP contribution in [-0.2, 0) is 17.8 Å². The molecular weight excluding hydrogens is 330 g/mol. The van der Waals surface area contributed by atoms with Crippen LogP contribution >= 0.6 is 0 Å². The molecule has 2 rings (SSSR count). The number of nitrogens with two attached hydrogens (primary N) is 1. The van der Waals surface area contributed by atoms with Gasteiger partial charge in [0.2, 0.25) is 0 Å². The molecule has 2 aromatic rings. The molecule has 4 N–H and O–H groups in total. The van der Waals surface area contributed by atoms with Crippen LogP contribution in [0.15, 0.2) is 54.7 Å². The molecule has 0 aliphatic heterocycles. The number of urea groups is 1. The lowest BCUT2D eigenvalue weighted by atomic mass is 10.2. The summed E-state index contributed by atoms with van der Waals surface area (Å²) in [6.07, 6.45) is 3.13. The van der Waals surface area contributed by atoms with E-state index in [1.807, 2.05) is 48.5 Å². The molecule has 0 unspecified atom stereocenters. The molecule has 0 bridgehead atoms. The van der Waals surface area contributed by atoms with E-state index < -0.39 is 0 Å². The first kappa shape index (κ1) is 19.4. The zero-order chi connectivity index (χ0) is 18.6. The van der Waals surface area contributed by atoms with Crippen LogP contribution in [0, 0.1) is 5.41 Å². The van der Waals surface area contributed by atoms with Gasteiger partial charge < -0.3 is 15.8 Å². The van der Waals surface area contributed by atoms with E-state index in [1.54, 1.807) is 6.20 Å². The first-order valence-electron chi connectivity index (χ1n) is 8.58. The molecule has 0 spiro atoms. The van der Waals surface area contributed by atoms with Crippen molar-refractivity contribution in [2.45, 2.75) is 19.4 Å². The quantitative estimate of drug-likeness (QED) is 0.364. The predicted molar refractivity (Wildman–Crippen MR) is 101 cm³/mol. The molecule has 1 heterocycles. The average Bonchev–Trinajstić information content (AvgIpc) is 2.66. The van der Waals surface area contributed by atoms with Crippen molar-refractivity contribution in [3.05, 3.63) is 66.0 Å². The van der Waals surface area contributed by atoms with Crippen molar-refractivity contribution in [1.82, 2.24) is 15.2 Å². The summed E-state index contributed by atoms with van der Waals surface area (Å²) < 4.78 is 5.52. The second kappa shape index (κ2) is 10.8. The normalized spacial score (nSPS) is 10.3. The van der Waals surface area contributed by atoms with Gasteiger partial charge in [0.15, 0.2) is 5.96 Å². The van der Waals surface area contributed by atoms with Crippen molar-refractivity contribution < 1.29 is 9.53 Å². The van der Waals surface area contributed by atoms with E-state index in [0.717, 1.165) is 17.7 Å². The van der Waals surface area contributed by atoms with Crippen LogP contribution in [0.25, 0.3) is 0 Å². The van der Waals surface area contributed by atoms with Crippen LogP contribution in [0.4, 0.5) is 4.79 Å². The van der Waals surface area contributed by atoms with E-state index in [1.165, 1.54) is 4.90 Å². The Labute approximate surface area is 153 Å². The molecule has 0 atom stereocenters. The summed E-state index contributed by atoms with van der Waals surface area (Å²) in [5.74, 6) is -0.270. The number of guanidine groups is 1. The van der Waals surface area contributed by atoms with Crippen LogP contribution in [0.5, 0.6) is 0 Å². The number of amides is 2. The molecule has 2 amide bonds. The van der Waals surface area contributed by atoms with Gasteiger partial charge in [-0.05, 0) is 30.5 Å². The zero-order valence-corrected chi connectivity index (χ0v) is 14.7. The minimum atomic E-state index is -0.387. The number of carbonyl (C=O) groups is 1. The Hall–Kier alpha value is -2.93. The van der Waals surface area contributed by atoms with E-state index in [-0.39, 0.29) is 12.0 Å². The summed E-state index contributed by atoms with van der Waals surface area (Å²) in [5.41, 5.74) is 7.56. The summed E-state index contributed by atoms with van der Waals surface area (Å²) in [7, 11) is 0. The topological polar surface area (TPSA) is 104 Å². The maximum atomic E-state index is 12.2. The molecule has 0 fully saturated rings. The highest BCUT2D eigenvalue weighted by atomic mass is 16.5. The van der Waals surface area contributed by atoms with Gasteiger partial charge in [0.25, 0.3) is 0 Å². The number of nitrogens with zero attached hydrogens (tertiary/aromatic N) is 2. The number of benzene rings is 1. The lowest BCUT2D eigenvalue weighted by Gasteiger charge is -2.21. The molecule has 0 aliphatic carbocycles. The van der Waals surface area contributed by atoms with Gasteiger partial charge in [0.1, 0.15) is 0 Å². The summed E-state index contributed by atoms with van der Waals surface area (Å²) in [6, 6.07) is 15.2. The lowest BCUT2D eigenvalue weighted by Crippen LogP contribution is -2.48. The second-order valence-electron chi connectivity index (χ2n) is 5.73. The van der Waals surface area contributed by atoms with Gasteiger partial charge >= 0.3 is 6.03 Å². The van der Waals surface area contributed by atoms with Crippen LogP contribution in [-0.4, -0.2) is 41.6 Å². The number of hydrogen-bond acceptors (Lipinski definition) is 4. The minimum absolute atomic E-state index is 0.270. The Morgan fingerprint density at radius 1 is 1.19 bits per heavy atom. The van der Waals surface area contributed by atoms with Crippen molar-refractivity contribution >= 4 is 12.0 Å². The van der Waals surface area contributed by atoms with E-state index in [0.29, 0.717) is 32.7 Å². The molecule has 138 valence electrons. The number of nitrogens with one attached hydrogen (secondary N) is 2. The van der Waals surface area contributed by atoms with E-state index in [4.69, 9.17) is 15.9 Å². The van der Waals surface area contributed by atoms with Gasteiger partial charge in [0.05, 0.1) is 13.2 Å². The van der Waals surface area contributed by atoms with Crippen molar-refractivity contribution in [2.24, 2.45) is 5.73 Å². The highest BCUT2D eigenvalue weighted by Crippen LogP contribution is 2.01. The monoisotopic (exact) mass is 355 g/mol. The van der Waals surface area contributed by atoms with Crippen LogP contribution < -0.4 is 11.1 Å². The molecule has 7 nitrogen and oxygen atoms in total. The maximum absolute atomic E-state index is 12.2. The van der Waals surface area contributed by atoms with Crippen LogP contribution in [0.3, 0.4) is 0 Å². The molecule has 7 heteroatoms. The Morgan fingerprint density at radius 3 is 2.65 bits per heavy atom. The zero-order valence-electron chi connectivity index (χ0n) is 14.7. The first-order chi connectivity index (χ1) is 12.7. The number of aryl methyl sites for hydroxylation is 1. The number of ether oxygens (including phenoxy) is 1. The maximum Gasteiger partial charge on any atom is 0.324 e. The Morgan fingerprint density at radius 2 is 1.96 bits per heavy atom. The van der Waals surface area contributed by atoms with Gasteiger partial charge in [0, 0.05) is 25.0 Å². The third kappa shape index (κ3) is 6.90. The van der Waals surface area contributed by atoms with Gasteiger partial charge in [-0.1, -0.05) is 36.4 Å².